The Hall–Kier alpha value is -0.960. The van der Waals surface area contributed by atoms with E-state index in [1.165, 1.54) is 19.0 Å². The number of rotatable bonds is 5. The molecule has 2 rings (SSSR count). The monoisotopic (exact) mass is 222 g/mol. The van der Waals surface area contributed by atoms with Gasteiger partial charge in [-0.2, -0.15) is 0 Å². The van der Waals surface area contributed by atoms with Crippen molar-refractivity contribution in [1.29, 1.82) is 0 Å². The molecule has 0 spiro atoms. The Bertz CT molecular complexity index is 350. The van der Waals surface area contributed by atoms with Gasteiger partial charge in [-0.3, -0.25) is 4.98 Å². The standard InChI is InChI=1S/C13H19FN2/c1-3-16-13(9(2)10-4-5-10)11-6-7-15-8-12(11)14/h6-10,13,16H,3-5H2,1-2H3. The van der Waals surface area contributed by atoms with E-state index in [4.69, 9.17) is 0 Å². The van der Waals surface area contributed by atoms with Crippen LogP contribution in [0, 0.1) is 17.7 Å². The highest BCUT2D eigenvalue weighted by atomic mass is 19.1. The minimum absolute atomic E-state index is 0.125. The third-order valence-electron chi connectivity index (χ3n) is 3.45. The molecule has 1 fully saturated rings. The van der Waals surface area contributed by atoms with Crippen LogP contribution in [0.3, 0.4) is 0 Å². The number of pyridine rings is 1. The lowest BCUT2D eigenvalue weighted by Gasteiger charge is -2.25. The zero-order valence-electron chi connectivity index (χ0n) is 9.91. The molecule has 2 atom stereocenters. The molecule has 0 aromatic carbocycles. The maximum Gasteiger partial charge on any atom is 0.146 e. The van der Waals surface area contributed by atoms with E-state index in [0.717, 1.165) is 18.0 Å². The summed E-state index contributed by atoms with van der Waals surface area (Å²) in [5.41, 5.74) is 0.760. The van der Waals surface area contributed by atoms with Gasteiger partial charge < -0.3 is 5.32 Å². The van der Waals surface area contributed by atoms with Crippen LogP contribution in [0.1, 0.15) is 38.3 Å². The molecule has 0 bridgehead atoms. The summed E-state index contributed by atoms with van der Waals surface area (Å²) < 4.78 is 13.7. The van der Waals surface area contributed by atoms with Crippen molar-refractivity contribution in [3.8, 4) is 0 Å². The van der Waals surface area contributed by atoms with Gasteiger partial charge in [0.1, 0.15) is 5.82 Å². The fourth-order valence-electron chi connectivity index (χ4n) is 2.33. The highest BCUT2D eigenvalue weighted by Gasteiger charge is 2.34. The first-order valence-electron chi connectivity index (χ1n) is 6.06. The molecule has 0 aliphatic heterocycles. The van der Waals surface area contributed by atoms with Crippen LogP contribution in [0.25, 0.3) is 0 Å². The van der Waals surface area contributed by atoms with Gasteiger partial charge in [-0.25, -0.2) is 4.39 Å². The molecule has 0 radical (unpaired) electrons. The number of hydrogen-bond donors (Lipinski definition) is 1. The predicted octanol–water partition coefficient (Wildman–Crippen LogP) is 2.92. The van der Waals surface area contributed by atoms with E-state index >= 15 is 0 Å². The van der Waals surface area contributed by atoms with Crippen molar-refractivity contribution in [3.05, 3.63) is 29.8 Å². The summed E-state index contributed by atoms with van der Waals surface area (Å²) in [5.74, 6) is 1.06. The Kier molecular flexibility index (Phi) is 3.54. The molecular weight excluding hydrogens is 203 g/mol. The van der Waals surface area contributed by atoms with Gasteiger partial charge in [-0.1, -0.05) is 13.8 Å². The SMILES string of the molecule is CCNC(c1ccncc1F)C(C)C1CC1. The molecule has 3 heteroatoms. The average Bonchev–Trinajstić information content (AvgIpc) is 3.10. The van der Waals surface area contributed by atoms with E-state index in [2.05, 4.69) is 24.1 Å². The quantitative estimate of drug-likeness (QED) is 0.828. The van der Waals surface area contributed by atoms with E-state index in [9.17, 15) is 4.39 Å². The van der Waals surface area contributed by atoms with Gasteiger partial charge >= 0.3 is 0 Å². The third-order valence-corrected chi connectivity index (χ3v) is 3.45. The van der Waals surface area contributed by atoms with E-state index in [1.807, 2.05) is 0 Å². The summed E-state index contributed by atoms with van der Waals surface area (Å²) in [6.07, 6.45) is 5.55. The zero-order valence-corrected chi connectivity index (χ0v) is 9.91. The molecule has 0 saturated heterocycles. The summed E-state index contributed by atoms with van der Waals surface area (Å²) in [7, 11) is 0. The minimum Gasteiger partial charge on any atom is -0.310 e. The topological polar surface area (TPSA) is 24.9 Å². The zero-order chi connectivity index (χ0) is 11.5. The number of nitrogens with one attached hydrogen (secondary N) is 1. The van der Waals surface area contributed by atoms with Crippen LogP contribution in [0.15, 0.2) is 18.5 Å². The summed E-state index contributed by atoms with van der Waals surface area (Å²) in [6.45, 7) is 5.14. The number of hydrogen-bond acceptors (Lipinski definition) is 2. The van der Waals surface area contributed by atoms with Crippen LogP contribution in [0.4, 0.5) is 4.39 Å². The normalized spacial score (nSPS) is 19.4. The molecule has 16 heavy (non-hydrogen) atoms. The van der Waals surface area contributed by atoms with Crippen molar-refractivity contribution in [1.82, 2.24) is 10.3 Å². The predicted molar refractivity (Wildman–Crippen MR) is 62.5 cm³/mol. The second-order valence-corrected chi connectivity index (χ2v) is 4.63. The highest BCUT2D eigenvalue weighted by molar-refractivity contribution is 5.19. The summed E-state index contributed by atoms with van der Waals surface area (Å²) in [4.78, 5) is 3.80. The van der Waals surface area contributed by atoms with Crippen LogP contribution in [-0.4, -0.2) is 11.5 Å². The van der Waals surface area contributed by atoms with E-state index < -0.39 is 0 Å². The van der Waals surface area contributed by atoms with Crippen LogP contribution in [0.5, 0.6) is 0 Å². The first-order chi connectivity index (χ1) is 7.74. The molecule has 1 aromatic rings. The first kappa shape index (κ1) is 11.5. The van der Waals surface area contributed by atoms with Crippen LogP contribution < -0.4 is 5.32 Å². The molecule has 2 nitrogen and oxygen atoms in total. The molecule has 1 saturated carbocycles. The number of halogens is 1. The van der Waals surface area contributed by atoms with Crippen LogP contribution in [-0.2, 0) is 0 Å². The van der Waals surface area contributed by atoms with Crippen molar-refractivity contribution in [2.45, 2.75) is 32.7 Å². The maximum absolute atomic E-state index is 13.7. The third kappa shape index (κ3) is 2.40. The lowest BCUT2D eigenvalue weighted by molar-refractivity contribution is 0.345. The van der Waals surface area contributed by atoms with Gasteiger partial charge in [0.15, 0.2) is 0 Å². The smallest absolute Gasteiger partial charge is 0.146 e. The minimum atomic E-state index is -0.194. The molecular formula is C13H19FN2. The van der Waals surface area contributed by atoms with Crippen LogP contribution >= 0.6 is 0 Å². The Balaban J connectivity index is 2.20. The summed E-state index contributed by atoms with van der Waals surface area (Å²) in [5, 5.41) is 3.39. The second kappa shape index (κ2) is 4.91. The molecule has 1 heterocycles. The molecule has 1 aliphatic carbocycles. The first-order valence-corrected chi connectivity index (χ1v) is 6.06. The van der Waals surface area contributed by atoms with Gasteiger partial charge in [-0.05, 0) is 37.3 Å². The fourth-order valence-corrected chi connectivity index (χ4v) is 2.33. The van der Waals surface area contributed by atoms with E-state index in [1.54, 1.807) is 12.3 Å². The molecule has 1 aromatic heterocycles. The van der Waals surface area contributed by atoms with Gasteiger partial charge in [-0.15, -0.1) is 0 Å². The van der Waals surface area contributed by atoms with Gasteiger partial charge in [0.05, 0.1) is 6.20 Å². The van der Waals surface area contributed by atoms with E-state index in [0.29, 0.717) is 5.92 Å². The fraction of sp³-hybridized carbons (Fsp3) is 0.615. The van der Waals surface area contributed by atoms with Gasteiger partial charge in [0.2, 0.25) is 0 Å². The average molecular weight is 222 g/mol. The second-order valence-electron chi connectivity index (χ2n) is 4.63. The van der Waals surface area contributed by atoms with Crippen molar-refractivity contribution in [3.63, 3.8) is 0 Å². The van der Waals surface area contributed by atoms with Crippen LogP contribution in [0.2, 0.25) is 0 Å². The van der Waals surface area contributed by atoms with Crippen molar-refractivity contribution >= 4 is 0 Å². The largest absolute Gasteiger partial charge is 0.310 e. The maximum atomic E-state index is 13.7. The lowest BCUT2D eigenvalue weighted by atomic mass is 9.91. The number of aromatic nitrogens is 1. The Labute approximate surface area is 96.3 Å². The number of nitrogens with zero attached hydrogens (tertiary/aromatic N) is 1. The summed E-state index contributed by atoms with van der Waals surface area (Å²) >= 11 is 0. The molecule has 88 valence electrons. The molecule has 1 aliphatic rings. The Morgan fingerprint density at radius 3 is 2.88 bits per heavy atom. The summed E-state index contributed by atoms with van der Waals surface area (Å²) in [6, 6.07) is 1.92. The highest BCUT2D eigenvalue weighted by Crippen LogP contribution is 2.42. The molecule has 0 amide bonds. The van der Waals surface area contributed by atoms with E-state index in [-0.39, 0.29) is 11.9 Å². The molecule has 1 N–H and O–H groups in total. The lowest BCUT2D eigenvalue weighted by Crippen LogP contribution is -2.28. The van der Waals surface area contributed by atoms with Gasteiger partial charge in [0, 0.05) is 17.8 Å². The van der Waals surface area contributed by atoms with Crippen molar-refractivity contribution in [2.75, 3.05) is 6.54 Å². The van der Waals surface area contributed by atoms with Crippen molar-refractivity contribution in [2.24, 2.45) is 11.8 Å². The Morgan fingerprint density at radius 1 is 1.56 bits per heavy atom. The Morgan fingerprint density at radius 2 is 2.31 bits per heavy atom. The molecule has 2 unspecified atom stereocenters. The van der Waals surface area contributed by atoms with Crippen molar-refractivity contribution < 1.29 is 4.39 Å². The van der Waals surface area contributed by atoms with Gasteiger partial charge in [0.25, 0.3) is 0 Å².